The quantitative estimate of drug-likeness (QED) is 0.492. The van der Waals surface area contributed by atoms with E-state index in [9.17, 15) is 4.79 Å². The number of nitrogens with one attached hydrogen (secondary N) is 1. The third-order valence-corrected chi connectivity index (χ3v) is 7.46. The number of aliphatic imine (C=N–C) groups is 2. The summed E-state index contributed by atoms with van der Waals surface area (Å²) in [6, 6.07) is 8.39. The van der Waals surface area contributed by atoms with Gasteiger partial charge in [0.05, 0.1) is 24.5 Å². The van der Waals surface area contributed by atoms with Gasteiger partial charge >= 0.3 is 0 Å². The molecule has 1 unspecified atom stereocenters. The van der Waals surface area contributed by atoms with Crippen LogP contribution in [0, 0.1) is 0 Å². The fourth-order valence-electron chi connectivity index (χ4n) is 5.91. The van der Waals surface area contributed by atoms with E-state index in [1.54, 1.807) is 4.52 Å². The molecule has 3 atom stereocenters. The van der Waals surface area contributed by atoms with Gasteiger partial charge in [-0.25, -0.2) is 9.98 Å². The number of fused-ring (bicyclic) bond motifs is 4. The highest BCUT2D eigenvalue weighted by Gasteiger charge is 2.45. The van der Waals surface area contributed by atoms with Crippen molar-refractivity contribution in [2.24, 2.45) is 9.98 Å². The number of benzene rings is 1. The number of H-pyrrole nitrogens is 1. The fraction of sp³-hybridized carbons (Fsp3) is 0.333. The summed E-state index contributed by atoms with van der Waals surface area (Å²) in [6.45, 7) is 0.389. The van der Waals surface area contributed by atoms with Gasteiger partial charge < -0.3 is 10.6 Å². The van der Waals surface area contributed by atoms with Gasteiger partial charge in [0.15, 0.2) is 5.65 Å². The zero-order chi connectivity index (χ0) is 22.8. The number of rotatable bonds is 3. The first kappa shape index (κ1) is 19.4. The minimum atomic E-state index is 0.0395. The Hall–Kier alpha value is -4.08. The van der Waals surface area contributed by atoms with Crippen LogP contribution >= 0.6 is 0 Å². The van der Waals surface area contributed by atoms with E-state index in [2.05, 4.69) is 36.2 Å². The Bertz CT molecular complexity index is 1500. The lowest BCUT2D eigenvalue weighted by Crippen LogP contribution is -2.49. The summed E-state index contributed by atoms with van der Waals surface area (Å²) in [5.41, 5.74) is 11.6. The summed E-state index contributed by atoms with van der Waals surface area (Å²) in [4.78, 5) is 28.4. The number of carbonyl (C=O) groups excluding carboxylic acids is 1. The summed E-state index contributed by atoms with van der Waals surface area (Å²) >= 11 is 0. The second kappa shape index (κ2) is 7.21. The molecule has 170 valence electrons. The number of nitrogen functional groups attached to an aromatic ring is 1. The molecule has 34 heavy (non-hydrogen) atoms. The van der Waals surface area contributed by atoms with E-state index in [1.165, 1.54) is 6.34 Å². The van der Waals surface area contributed by atoms with Gasteiger partial charge in [0.1, 0.15) is 17.9 Å². The standard InChI is InChI=1S/C24H23N9O/c25-22-8-20(13-6-14-4-5-15(7-13)32(14)24(34)21-11-26-12-27-21)30-23-18(10-29-33(22)23)16-2-1-3-19-17(16)9-28-31-19/h1-3,8-10,12-15H,4-7,11,25H2,(H,28,31)/t13?,14-,15+. The van der Waals surface area contributed by atoms with Crippen LogP contribution < -0.4 is 5.73 Å². The molecule has 7 rings (SSSR count). The smallest absolute Gasteiger partial charge is 0.270 e. The van der Waals surface area contributed by atoms with Gasteiger partial charge in [0.2, 0.25) is 0 Å². The molecular formula is C24H23N9O. The minimum Gasteiger partial charge on any atom is -0.384 e. The summed E-state index contributed by atoms with van der Waals surface area (Å²) in [6.07, 6.45) is 8.90. The number of carbonyl (C=O) groups is 1. The van der Waals surface area contributed by atoms with Crippen molar-refractivity contribution in [3.8, 4) is 11.1 Å². The number of nitrogens with zero attached hydrogens (tertiary/aromatic N) is 7. The monoisotopic (exact) mass is 453 g/mol. The third kappa shape index (κ3) is 2.81. The molecular weight excluding hydrogens is 430 g/mol. The lowest BCUT2D eigenvalue weighted by atomic mass is 9.87. The minimum absolute atomic E-state index is 0.0395. The van der Waals surface area contributed by atoms with Gasteiger partial charge in [-0.1, -0.05) is 12.1 Å². The molecule has 0 radical (unpaired) electrons. The predicted octanol–water partition coefficient (Wildman–Crippen LogP) is 2.57. The average Bonchev–Trinajstić information content (AvgIpc) is 3.64. The fourth-order valence-corrected chi connectivity index (χ4v) is 5.91. The molecule has 1 aromatic carbocycles. The van der Waals surface area contributed by atoms with E-state index in [1.807, 2.05) is 30.6 Å². The van der Waals surface area contributed by atoms with Crippen molar-refractivity contribution in [3.05, 3.63) is 42.4 Å². The predicted molar refractivity (Wildman–Crippen MR) is 129 cm³/mol. The molecule has 10 heteroatoms. The largest absolute Gasteiger partial charge is 0.384 e. The lowest BCUT2D eigenvalue weighted by molar-refractivity contribution is -0.128. The molecule has 2 fully saturated rings. The van der Waals surface area contributed by atoms with Gasteiger partial charge in [0.25, 0.3) is 5.91 Å². The maximum atomic E-state index is 13.0. The number of anilines is 1. The van der Waals surface area contributed by atoms with Gasteiger partial charge in [0, 0.05) is 40.7 Å². The first-order valence-electron chi connectivity index (χ1n) is 11.6. The Labute approximate surface area is 194 Å². The van der Waals surface area contributed by atoms with Crippen molar-refractivity contribution in [2.45, 2.75) is 43.7 Å². The maximum Gasteiger partial charge on any atom is 0.270 e. The van der Waals surface area contributed by atoms with Crippen molar-refractivity contribution in [1.82, 2.24) is 29.7 Å². The van der Waals surface area contributed by atoms with Gasteiger partial charge in [-0.3, -0.25) is 14.9 Å². The maximum absolute atomic E-state index is 13.0. The SMILES string of the molecule is Nc1cc(C2C[C@H]3CC[C@@H](C2)N3C(=O)C2=NC=NC2)nc2c(-c3cccc4[nH]ncc34)cnn12. The average molecular weight is 454 g/mol. The Kier molecular flexibility index (Phi) is 4.11. The molecule has 0 spiro atoms. The van der Waals surface area contributed by atoms with Crippen LogP contribution in [0.5, 0.6) is 0 Å². The first-order chi connectivity index (χ1) is 16.7. The van der Waals surface area contributed by atoms with Crippen LogP contribution in [0.4, 0.5) is 5.82 Å². The molecule has 6 heterocycles. The number of aromatic amines is 1. The topological polar surface area (TPSA) is 130 Å². The zero-order valence-corrected chi connectivity index (χ0v) is 18.4. The normalized spacial score (nSPS) is 23.8. The van der Waals surface area contributed by atoms with Crippen LogP contribution in [-0.2, 0) is 4.79 Å². The first-order valence-corrected chi connectivity index (χ1v) is 11.6. The molecule has 3 aliphatic heterocycles. The molecule has 3 N–H and O–H groups in total. The van der Waals surface area contributed by atoms with Gasteiger partial charge in [-0.05, 0) is 37.3 Å². The molecule has 4 aromatic rings. The Balaban J connectivity index is 1.25. The summed E-state index contributed by atoms with van der Waals surface area (Å²) in [5.74, 6) is 0.842. The highest BCUT2D eigenvalue weighted by atomic mass is 16.2. The van der Waals surface area contributed by atoms with E-state index in [-0.39, 0.29) is 23.9 Å². The number of aromatic nitrogens is 5. The molecule has 10 nitrogen and oxygen atoms in total. The van der Waals surface area contributed by atoms with E-state index < -0.39 is 0 Å². The van der Waals surface area contributed by atoms with Crippen molar-refractivity contribution < 1.29 is 4.79 Å². The Morgan fingerprint density at radius 1 is 1.12 bits per heavy atom. The molecule has 0 saturated carbocycles. The zero-order valence-electron chi connectivity index (χ0n) is 18.4. The molecule has 0 aliphatic carbocycles. The third-order valence-electron chi connectivity index (χ3n) is 7.46. The van der Waals surface area contributed by atoms with Crippen molar-refractivity contribution in [3.63, 3.8) is 0 Å². The van der Waals surface area contributed by atoms with Crippen molar-refractivity contribution in [2.75, 3.05) is 12.3 Å². The van der Waals surface area contributed by atoms with E-state index >= 15 is 0 Å². The van der Waals surface area contributed by atoms with Crippen LogP contribution in [0.15, 0.2) is 46.6 Å². The molecule has 2 saturated heterocycles. The van der Waals surface area contributed by atoms with Crippen LogP contribution in [0.2, 0.25) is 0 Å². The summed E-state index contributed by atoms with van der Waals surface area (Å²) < 4.78 is 1.70. The van der Waals surface area contributed by atoms with Crippen LogP contribution in [0.3, 0.4) is 0 Å². The number of hydrogen-bond acceptors (Lipinski definition) is 7. The van der Waals surface area contributed by atoms with E-state index in [0.717, 1.165) is 59.1 Å². The van der Waals surface area contributed by atoms with E-state index in [4.69, 9.17) is 10.7 Å². The number of piperidine rings is 1. The van der Waals surface area contributed by atoms with Gasteiger partial charge in [-0.2, -0.15) is 14.7 Å². The van der Waals surface area contributed by atoms with Crippen molar-refractivity contribution >= 4 is 40.3 Å². The van der Waals surface area contributed by atoms with Crippen LogP contribution in [0.1, 0.15) is 37.3 Å². The summed E-state index contributed by atoms with van der Waals surface area (Å²) in [5, 5.41) is 12.7. The second-order valence-electron chi connectivity index (χ2n) is 9.33. The molecule has 3 aliphatic rings. The van der Waals surface area contributed by atoms with E-state index in [0.29, 0.717) is 18.1 Å². The lowest BCUT2D eigenvalue weighted by Gasteiger charge is -2.38. The second-order valence-corrected chi connectivity index (χ2v) is 9.33. The number of amides is 1. The van der Waals surface area contributed by atoms with Crippen LogP contribution in [-0.4, -0.2) is 66.3 Å². The molecule has 3 aromatic heterocycles. The Morgan fingerprint density at radius 3 is 2.76 bits per heavy atom. The highest BCUT2D eigenvalue weighted by molar-refractivity contribution is 6.41. The Morgan fingerprint density at radius 2 is 1.97 bits per heavy atom. The molecule has 1 amide bonds. The highest BCUT2D eigenvalue weighted by Crippen LogP contribution is 2.43. The number of nitrogens with two attached hydrogens (primary N) is 1. The summed E-state index contributed by atoms with van der Waals surface area (Å²) in [7, 11) is 0. The van der Waals surface area contributed by atoms with Crippen LogP contribution in [0.25, 0.3) is 27.7 Å². The molecule has 2 bridgehead atoms. The van der Waals surface area contributed by atoms with Gasteiger partial charge in [-0.15, -0.1) is 0 Å². The number of hydrogen-bond donors (Lipinski definition) is 2. The van der Waals surface area contributed by atoms with Crippen molar-refractivity contribution in [1.29, 1.82) is 0 Å².